The summed E-state index contributed by atoms with van der Waals surface area (Å²) in [4.78, 5) is 15.9. The molecule has 1 aliphatic rings. The molecule has 0 radical (unpaired) electrons. The lowest BCUT2D eigenvalue weighted by atomic mass is 10.1. The lowest BCUT2D eigenvalue weighted by molar-refractivity contribution is -0.892. The monoisotopic (exact) mass is 342 g/mol. The van der Waals surface area contributed by atoms with Gasteiger partial charge in [0, 0.05) is 11.4 Å². The van der Waals surface area contributed by atoms with E-state index < -0.39 is 0 Å². The summed E-state index contributed by atoms with van der Waals surface area (Å²) in [7, 11) is 0. The van der Waals surface area contributed by atoms with E-state index in [1.807, 2.05) is 44.2 Å². The number of benzene rings is 2. The van der Waals surface area contributed by atoms with Crippen molar-refractivity contribution in [2.45, 2.75) is 13.8 Å². The van der Waals surface area contributed by atoms with Crippen molar-refractivity contribution in [2.24, 2.45) is 0 Å². The number of hydrogen-bond donors (Lipinski definition) is 2. The number of para-hydroxylation sites is 1. The van der Waals surface area contributed by atoms with Crippen molar-refractivity contribution >= 4 is 17.3 Å². The highest BCUT2D eigenvalue weighted by atomic mass is 19.1. The fraction of sp³-hybridized carbons (Fsp3) is 0.350. The smallest absolute Gasteiger partial charge is 0.279 e. The Hall–Kier alpha value is -2.40. The number of halogens is 1. The summed E-state index contributed by atoms with van der Waals surface area (Å²) in [6.45, 7) is 8.04. The second-order valence-corrected chi connectivity index (χ2v) is 6.71. The van der Waals surface area contributed by atoms with Crippen LogP contribution in [0.4, 0.5) is 15.8 Å². The Morgan fingerprint density at radius 1 is 1.08 bits per heavy atom. The maximum atomic E-state index is 13.0. The molecule has 5 heteroatoms. The van der Waals surface area contributed by atoms with Gasteiger partial charge < -0.3 is 15.1 Å². The van der Waals surface area contributed by atoms with Crippen LogP contribution in [-0.2, 0) is 4.79 Å². The molecule has 1 fully saturated rings. The number of carbonyl (C=O) groups excluding carboxylic acids is 1. The van der Waals surface area contributed by atoms with Crippen molar-refractivity contribution in [3.63, 3.8) is 0 Å². The Labute approximate surface area is 148 Å². The van der Waals surface area contributed by atoms with E-state index in [0.29, 0.717) is 6.54 Å². The first-order valence-electron chi connectivity index (χ1n) is 8.73. The molecule has 0 spiro atoms. The van der Waals surface area contributed by atoms with Gasteiger partial charge in [-0.25, -0.2) is 4.39 Å². The summed E-state index contributed by atoms with van der Waals surface area (Å²) in [5.41, 5.74) is 4.14. The van der Waals surface area contributed by atoms with Crippen LogP contribution in [-0.4, -0.2) is 38.6 Å². The molecule has 0 aromatic heterocycles. The molecule has 1 heterocycles. The highest BCUT2D eigenvalue weighted by Gasteiger charge is 2.22. The van der Waals surface area contributed by atoms with Gasteiger partial charge in [0.15, 0.2) is 6.54 Å². The number of piperazine rings is 1. The predicted molar refractivity (Wildman–Crippen MR) is 98.7 cm³/mol. The summed E-state index contributed by atoms with van der Waals surface area (Å²) in [6.07, 6.45) is 0. The summed E-state index contributed by atoms with van der Waals surface area (Å²) in [6, 6.07) is 12.6. The fourth-order valence-electron chi connectivity index (χ4n) is 3.33. The van der Waals surface area contributed by atoms with Gasteiger partial charge in [-0.15, -0.1) is 0 Å². The average molecular weight is 342 g/mol. The molecule has 2 N–H and O–H groups in total. The van der Waals surface area contributed by atoms with Gasteiger partial charge in [0.05, 0.1) is 26.2 Å². The first kappa shape index (κ1) is 17.4. The number of carbonyl (C=O) groups is 1. The number of amides is 1. The van der Waals surface area contributed by atoms with Crippen LogP contribution in [0.3, 0.4) is 0 Å². The molecule has 132 valence electrons. The molecule has 2 aromatic carbocycles. The summed E-state index contributed by atoms with van der Waals surface area (Å²) >= 11 is 0. The second-order valence-electron chi connectivity index (χ2n) is 6.71. The zero-order valence-electron chi connectivity index (χ0n) is 14.8. The van der Waals surface area contributed by atoms with Gasteiger partial charge in [-0.3, -0.25) is 4.79 Å². The third-order valence-corrected chi connectivity index (χ3v) is 4.82. The van der Waals surface area contributed by atoms with Gasteiger partial charge in [-0.2, -0.15) is 0 Å². The molecular formula is C20H25FN3O+. The molecule has 4 nitrogen and oxygen atoms in total. The maximum Gasteiger partial charge on any atom is 0.279 e. The number of aryl methyl sites for hydroxylation is 2. The zero-order chi connectivity index (χ0) is 17.8. The molecule has 0 unspecified atom stereocenters. The van der Waals surface area contributed by atoms with E-state index in [4.69, 9.17) is 0 Å². The van der Waals surface area contributed by atoms with Gasteiger partial charge in [0.25, 0.3) is 5.91 Å². The first-order valence-corrected chi connectivity index (χ1v) is 8.73. The number of hydrogen-bond acceptors (Lipinski definition) is 2. The van der Waals surface area contributed by atoms with Crippen LogP contribution >= 0.6 is 0 Å². The van der Waals surface area contributed by atoms with Gasteiger partial charge in [0.1, 0.15) is 5.82 Å². The summed E-state index contributed by atoms with van der Waals surface area (Å²) < 4.78 is 13.0. The minimum atomic E-state index is -0.212. The zero-order valence-corrected chi connectivity index (χ0v) is 14.8. The van der Waals surface area contributed by atoms with Crippen molar-refractivity contribution in [3.8, 4) is 0 Å². The van der Waals surface area contributed by atoms with Crippen LogP contribution in [0.25, 0.3) is 0 Å². The number of quaternary nitrogens is 1. The highest BCUT2D eigenvalue weighted by Crippen LogP contribution is 2.19. The number of nitrogens with one attached hydrogen (secondary N) is 2. The highest BCUT2D eigenvalue weighted by molar-refractivity contribution is 5.93. The Bertz CT molecular complexity index is 717. The summed E-state index contributed by atoms with van der Waals surface area (Å²) in [5.74, 6) is -0.154. The molecular weight excluding hydrogens is 317 g/mol. The van der Waals surface area contributed by atoms with Crippen molar-refractivity contribution < 1.29 is 14.1 Å². The number of anilines is 2. The normalized spacial score (nSPS) is 15.2. The van der Waals surface area contributed by atoms with Gasteiger partial charge in [-0.05, 0) is 49.2 Å². The van der Waals surface area contributed by atoms with Crippen molar-refractivity contribution in [1.29, 1.82) is 0 Å². The Morgan fingerprint density at radius 3 is 2.28 bits per heavy atom. The standard InChI is InChI=1S/C20H24FN3O/c1-15-4-3-5-16(2)20(15)22-19(25)14-23-10-12-24(13-11-23)18-8-6-17(21)7-9-18/h3-9H,10-14H2,1-2H3,(H,22,25)/p+1. The molecule has 0 bridgehead atoms. The Kier molecular flexibility index (Phi) is 5.34. The predicted octanol–water partition coefficient (Wildman–Crippen LogP) is 1.79. The number of rotatable bonds is 4. The fourth-order valence-corrected chi connectivity index (χ4v) is 3.33. The third-order valence-electron chi connectivity index (χ3n) is 4.82. The topological polar surface area (TPSA) is 36.8 Å². The van der Waals surface area contributed by atoms with E-state index in [9.17, 15) is 9.18 Å². The van der Waals surface area contributed by atoms with E-state index in [0.717, 1.165) is 48.7 Å². The molecule has 0 aliphatic carbocycles. The number of nitrogens with zero attached hydrogens (tertiary/aromatic N) is 1. The Balaban J connectivity index is 1.52. The lowest BCUT2D eigenvalue weighted by Crippen LogP contribution is -3.15. The van der Waals surface area contributed by atoms with Gasteiger partial charge in [0.2, 0.25) is 0 Å². The van der Waals surface area contributed by atoms with E-state index in [1.165, 1.54) is 17.0 Å². The minimum Gasteiger partial charge on any atom is -0.360 e. The lowest BCUT2D eigenvalue weighted by Gasteiger charge is -2.33. The second kappa shape index (κ2) is 7.66. The molecule has 0 atom stereocenters. The quantitative estimate of drug-likeness (QED) is 0.889. The first-order chi connectivity index (χ1) is 12.0. The van der Waals surface area contributed by atoms with Crippen molar-refractivity contribution in [1.82, 2.24) is 0 Å². The molecule has 1 aliphatic heterocycles. The molecule has 25 heavy (non-hydrogen) atoms. The van der Waals surface area contributed by atoms with E-state index in [1.54, 1.807) is 0 Å². The SMILES string of the molecule is Cc1cccc(C)c1NC(=O)C[NH+]1CCN(c2ccc(F)cc2)CC1. The van der Waals surface area contributed by atoms with Crippen LogP contribution in [0.15, 0.2) is 42.5 Å². The minimum absolute atomic E-state index is 0.0580. The van der Waals surface area contributed by atoms with Crippen molar-refractivity contribution in [2.75, 3.05) is 42.9 Å². The van der Waals surface area contributed by atoms with E-state index >= 15 is 0 Å². The molecule has 2 aromatic rings. The van der Waals surface area contributed by atoms with Crippen molar-refractivity contribution in [3.05, 3.63) is 59.4 Å². The molecule has 3 rings (SSSR count). The third kappa shape index (κ3) is 4.37. The molecule has 1 saturated heterocycles. The maximum absolute atomic E-state index is 13.0. The van der Waals surface area contributed by atoms with Crippen LogP contribution in [0.5, 0.6) is 0 Å². The summed E-state index contributed by atoms with van der Waals surface area (Å²) in [5, 5.41) is 3.06. The Morgan fingerprint density at radius 2 is 1.68 bits per heavy atom. The van der Waals surface area contributed by atoms with Crippen LogP contribution in [0, 0.1) is 19.7 Å². The van der Waals surface area contributed by atoms with Gasteiger partial charge in [-0.1, -0.05) is 18.2 Å². The van der Waals surface area contributed by atoms with E-state index in [2.05, 4.69) is 10.2 Å². The van der Waals surface area contributed by atoms with Crippen LogP contribution in [0.1, 0.15) is 11.1 Å². The van der Waals surface area contributed by atoms with Crippen LogP contribution in [0.2, 0.25) is 0 Å². The molecule has 0 saturated carbocycles. The van der Waals surface area contributed by atoms with Crippen LogP contribution < -0.4 is 15.1 Å². The molecule has 1 amide bonds. The van der Waals surface area contributed by atoms with Gasteiger partial charge >= 0.3 is 0 Å². The average Bonchev–Trinajstić information content (AvgIpc) is 2.60. The van der Waals surface area contributed by atoms with E-state index in [-0.39, 0.29) is 11.7 Å². The largest absolute Gasteiger partial charge is 0.360 e.